The Morgan fingerprint density at radius 2 is 1.40 bits per heavy atom. The van der Waals surface area contributed by atoms with Crippen molar-refractivity contribution in [2.24, 2.45) is 0 Å². The van der Waals surface area contributed by atoms with E-state index in [2.05, 4.69) is 0 Å². The van der Waals surface area contributed by atoms with E-state index in [1.54, 1.807) is 0 Å². The van der Waals surface area contributed by atoms with Crippen LogP contribution in [0.5, 0.6) is 0 Å². The molecule has 0 unspecified atom stereocenters. The van der Waals surface area contributed by atoms with Crippen molar-refractivity contribution in [3.63, 3.8) is 0 Å². The van der Waals surface area contributed by atoms with E-state index in [9.17, 15) is 0 Å². The van der Waals surface area contributed by atoms with Crippen molar-refractivity contribution < 1.29 is 69.2 Å². The second-order valence-corrected chi connectivity index (χ2v) is 0.0962. The second-order valence-electron chi connectivity index (χ2n) is 0.0962. The maximum Gasteiger partial charge on any atom is 1.00 e. The monoisotopic (exact) mass is 91.0 g/mol. The SMILES string of the molecule is [2H]B([O-])[O-].[Na+].[Na+]. The number of hydrogen-bond donors (Lipinski definition) is 0. The summed E-state index contributed by atoms with van der Waals surface area (Å²) < 4.78 is 5.47. The third kappa shape index (κ3) is 24.1. The van der Waals surface area contributed by atoms with Gasteiger partial charge < -0.3 is 10.0 Å². The minimum Gasteiger partial charge on any atom is -0.896 e. The van der Waals surface area contributed by atoms with E-state index in [-0.39, 0.29) is 59.1 Å². The van der Waals surface area contributed by atoms with Crippen molar-refractivity contribution in [2.45, 2.75) is 0 Å². The van der Waals surface area contributed by atoms with Crippen molar-refractivity contribution in [2.75, 3.05) is 0 Å². The quantitative estimate of drug-likeness (QED) is 0.278. The fourth-order valence-electron chi connectivity index (χ4n) is 0. The maximum atomic E-state index is 8.64. The Balaban J connectivity index is -0.0000000450. The van der Waals surface area contributed by atoms with Crippen LogP contribution in [0, 0.1) is 0 Å². The van der Waals surface area contributed by atoms with Crippen LogP contribution in [0.15, 0.2) is 0 Å². The molecule has 0 N–H and O–H groups in total. The van der Waals surface area contributed by atoms with Crippen molar-refractivity contribution in [3.8, 4) is 0 Å². The van der Waals surface area contributed by atoms with Crippen LogP contribution >= 0.6 is 0 Å². The van der Waals surface area contributed by atoms with Gasteiger partial charge in [0, 0.05) is 0 Å². The first-order chi connectivity index (χ1) is 1.73. The average Bonchev–Trinajstić information content (AvgIpc) is 0.811. The fourth-order valence-corrected chi connectivity index (χ4v) is 0. The largest absolute Gasteiger partial charge is 1.00 e. The number of hydrogen-bond acceptors (Lipinski definition) is 2. The molecular formula is HBNa2O2. The Morgan fingerprint density at radius 1 is 1.40 bits per heavy atom. The minimum absolute atomic E-state index is 0. The van der Waals surface area contributed by atoms with Crippen molar-refractivity contribution >= 4 is 7.65 Å². The van der Waals surface area contributed by atoms with Gasteiger partial charge in [0.25, 0.3) is 0 Å². The number of rotatable bonds is 0. The molecule has 0 aromatic rings. The van der Waals surface area contributed by atoms with Crippen LogP contribution in [0.3, 0.4) is 0 Å². The summed E-state index contributed by atoms with van der Waals surface area (Å²) in [6.45, 7) is 0. The molecule has 0 aliphatic carbocycles. The molecule has 2 nitrogen and oxygen atoms in total. The van der Waals surface area contributed by atoms with E-state index >= 15 is 0 Å². The van der Waals surface area contributed by atoms with Crippen LogP contribution in [0.1, 0.15) is 0 Å². The van der Waals surface area contributed by atoms with Gasteiger partial charge in [0.15, 0.2) is 0 Å². The van der Waals surface area contributed by atoms with E-state index < -0.39 is 7.65 Å². The van der Waals surface area contributed by atoms with Crippen LogP contribution in [-0.4, -0.2) is 8.98 Å². The summed E-state index contributed by atoms with van der Waals surface area (Å²) in [6.07, 6.45) is 0. The third-order valence-corrected chi connectivity index (χ3v) is 0. The van der Waals surface area contributed by atoms with E-state index in [0.717, 1.165) is 0 Å². The summed E-state index contributed by atoms with van der Waals surface area (Å²) in [5, 5.41) is 17.3. The molecule has 0 bridgehead atoms. The average molecular weight is 90.8 g/mol. The Labute approximate surface area is 77.2 Å². The molecule has 0 aromatic carbocycles. The van der Waals surface area contributed by atoms with Gasteiger partial charge in [0.2, 0.25) is 0 Å². The molecule has 0 aromatic heterocycles. The van der Waals surface area contributed by atoms with Gasteiger partial charge in [0.05, 0.1) is 0 Å². The smallest absolute Gasteiger partial charge is 0.896 e. The predicted octanol–water partition coefficient (Wildman–Crippen LogP) is -9.02. The molecule has 0 heterocycles. The van der Waals surface area contributed by atoms with Crippen molar-refractivity contribution in [3.05, 3.63) is 0 Å². The van der Waals surface area contributed by atoms with Gasteiger partial charge in [-0.2, -0.15) is 0 Å². The van der Waals surface area contributed by atoms with Gasteiger partial charge >= 0.3 is 59.1 Å². The zero-order valence-corrected chi connectivity index (χ0v) is 7.39. The summed E-state index contributed by atoms with van der Waals surface area (Å²) in [7, 11) is -2.42. The molecule has 0 rings (SSSR count). The fraction of sp³-hybridized carbons (Fsp3) is 0. The summed E-state index contributed by atoms with van der Waals surface area (Å²) in [5.74, 6) is 0. The molecule has 0 radical (unpaired) electrons. The van der Waals surface area contributed by atoms with Gasteiger partial charge in [-0.3, -0.25) is 0 Å². The van der Waals surface area contributed by atoms with E-state index in [1.165, 1.54) is 0 Å². The molecule has 0 aliphatic rings. The van der Waals surface area contributed by atoms with Gasteiger partial charge in [-0.25, -0.2) is 0 Å². The van der Waals surface area contributed by atoms with Gasteiger partial charge in [-0.1, -0.05) is 1.34 Å². The summed E-state index contributed by atoms with van der Waals surface area (Å²) in [6, 6.07) is 0. The molecule has 0 amide bonds. The molecule has 0 saturated carbocycles. The second kappa shape index (κ2) is 16.7. The standard InChI is InChI=1S/BHO2.2Na/c2-1-3;;/h1H;;/q-2;2*+1/i1D;;. The molecule has 0 saturated heterocycles. The third-order valence-electron chi connectivity index (χ3n) is 0. The Morgan fingerprint density at radius 3 is 1.40 bits per heavy atom. The Kier molecular flexibility index (Phi) is 33.6. The molecule has 0 aliphatic heterocycles. The predicted molar refractivity (Wildman–Crippen MR) is 7.15 cm³/mol. The van der Waals surface area contributed by atoms with E-state index in [4.69, 9.17) is 11.4 Å². The normalized spacial score (nSPS) is 5.60. The first-order valence-electron chi connectivity index (χ1n) is 1.05. The molecule has 0 spiro atoms. The van der Waals surface area contributed by atoms with Crippen LogP contribution in [0.4, 0.5) is 0 Å². The topological polar surface area (TPSA) is 46.1 Å². The molecule has 5 heavy (non-hydrogen) atoms. The van der Waals surface area contributed by atoms with Gasteiger partial charge in [-0.15, -0.1) is 7.65 Å². The Hall–Kier alpha value is 1.98. The molecule has 18 valence electrons. The molecular weight excluding hydrogens is 88.8 g/mol. The molecule has 0 fully saturated rings. The van der Waals surface area contributed by atoms with Crippen LogP contribution in [-0.2, 0) is 0 Å². The van der Waals surface area contributed by atoms with Gasteiger partial charge in [0.1, 0.15) is 0 Å². The molecule has 0 atom stereocenters. The zero-order valence-electron chi connectivity index (χ0n) is 4.39. The van der Waals surface area contributed by atoms with Crippen LogP contribution in [0.2, 0.25) is 0 Å². The van der Waals surface area contributed by atoms with Crippen LogP contribution in [0.25, 0.3) is 0 Å². The van der Waals surface area contributed by atoms with Crippen molar-refractivity contribution in [1.82, 2.24) is 0 Å². The maximum absolute atomic E-state index is 8.64. The summed E-state index contributed by atoms with van der Waals surface area (Å²) >= 11 is 0. The first-order valence-corrected chi connectivity index (χ1v) is 0.471. The summed E-state index contributed by atoms with van der Waals surface area (Å²) in [4.78, 5) is 0. The Bertz CT molecular complexity index is 16.3. The van der Waals surface area contributed by atoms with Crippen molar-refractivity contribution in [1.29, 1.82) is 1.34 Å². The zero-order chi connectivity index (χ0) is 3.58. The molecule has 5 heteroatoms. The van der Waals surface area contributed by atoms with Crippen LogP contribution < -0.4 is 69.2 Å². The first kappa shape index (κ1) is 10.1. The van der Waals surface area contributed by atoms with E-state index in [1.807, 2.05) is 0 Å². The minimum atomic E-state index is -2.42. The van der Waals surface area contributed by atoms with Gasteiger partial charge in [-0.05, 0) is 0 Å². The van der Waals surface area contributed by atoms with E-state index in [0.29, 0.717) is 0 Å². The summed E-state index contributed by atoms with van der Waals surface area (Å²) in [5.41, 5.74) is 0.